The number of nitrogens with zero attached hydrogens (tertiary/aromatic N) is 2. The molecule has 0 aliphatic rings. The number of pyridine rings is 2. The van der Waals surface area contributed by atoms with Gasteiger partial charge in [-0.25, -0.2) is 0 Å². The number of carbonyl (C=O) groups excluding carboxylic acids is 1. The molecule has 0 unspecified atom stereocenters. The van der Waals surface area contributed by atoms with Gasteiger partial charge in [0.05, 0.1) is 5.69 Å². The molecule has 3 heterocycles. The lowest BCUT2D eigenvalue weighted by Crippen LogP contribution is -2.23. The third-order valence-electron chi connectivity index (χ3n) is 3.09. The Hall–Kier alpha value is -3.22. The quantitative estimate of drug-likeness (QED) is 0.684. The Morgan fingerprint density at radius 2 is 2.14 bits per heavy atom. The summed E-state index contributed by atoms with van der Waals surface area (Å²) < 4.78 is 0. The second kappa shape index (κ2) is 5.65. The van der Waals surface area contributed by atoms with Gasteiger partial charge in [0.1, 0.15) is 5.56 Å². The number of aryl methyl sites for hydroxylation is 1. The van der Waals surface area contributed by atoms with Crippen LogP contribution in [0.15, 0.2) is 47.5 Å². The monoisotopic (exact) mass is 295 g/mol. The van der Waals surface area contributed by atoms with Crippen LogP contribution in [0.2, 0.25) is 0 Å². The average Bonchev–Trinajstić information content (AvgIpc) is 2.96. The standard InChI is InChI=1S/C15H13N5O2/c1-9-4-5-11(14(21)17-9)15(22)18-13-7-12(19-20-13)10-3-2-6-16-8-10/h2-8H,1H3,(H,17,21)(H2,18,19,20,22). The van der Waals surface area contributed by atoms with Gasteiger partial charge in [-0.2, -0.15) is 5.10 Å². The largest absolute Gasteiger partial charge is 0.326 e. The molecule has 3 N–H and O–H groups in total. The Labute approximate surface area is 125 Å². The van der Waals surface area contributed by atoms with E-state index in [0.717, 1.165) is 11.3 Å². The molecule has 3 rings (SSSR count). The van der Waals surface area contributed by atoms with Gasteiger partial charge in [0, 0.05) is 29.7 Å². The number of H-pyrrole nitrogens is 2. The Bertz CT molecular complexity index is 867. The molecule has 0 radical (unpaired) electrons. The molecule has 1 amide bonds. The van der Waals surface area contributed by atoms with Crippen molar-refractivity contribution in [2.24, 2.45) is 0 Å². The third-order valence-corrected chi connectivity index (χ3v) is 3.09. The van der Waals surface area contributed by atoms with Crippen LogP contribution in [0.25, 0.3) is 11.3 Å². The molecule has 0 fully saturated rings. The highest BCUT2D eigenvalue weighted by Gasteiger charge is 2.12. The number of anilines is 1. The first-order valence-corrected chi connectivity index (χ1v) is 6.60. The van der Waals surface area contributed by atoms with Crippen molar-refractivity contribution >= 4 is 11.7 Å². The van der Waals surface area contributed by atoms with E-state index in [2.05, 4.69) is 25.5 Å². The molecule has 0 atom stereocenters. The van der Waals surface area contributed by atoms with Crippen LogP contribution in [0.3, 0.4) is 0 Å². The summed E-state index contributed by atoms with van der Waals surface area (Å²) in [5.74, 6) is -0.172. The van der Waals surface area contributed by atoms with Crippen LogP contribution >= 0.6 is 0 Å². The zero-order valence-corrected chi connectivity index (χ0v) is 11.8. The van der Waals surface area contributed by atoms with Crippen molar-refractivity contribution in [1.29, 1.82) is 0 Å². The number of carbonyl (C=O) groups is 1. The van der Waals surface area contributed by atoms with Crippen molar-refractivity contribution in [2.75, 3.05) is 5.32 Å². The van der Waals surface area contributed by atoms with Gasteiger partial charge >= 0.3 is 0 Å². The van der Waals surface area contributed by atoms with Gasteiger partial charge in [-0.3, -0.25) is 19.7 Å². The summed E-state index contributed by atoms with van der Waals surface area (Å²) in [6.07, 6.45) is 3.36. The summed E-state index contributed by atoms with van der Waals surface area (Å²) in [6, 6.07) is 8.51. The van der Waals surface area contributed by atoms with Gasteiger partial charge in [0.25, 0.3) is 11.5 Å². The third kappa shape index (κ3) is 2.78. The lowest BCUT2D eigenvalue weighted by Gasteiger charge is -2.01. The number of aromatic amines is 2. The molecule has 0 saturated carbocycles. The molecular formula is C15H13N5O2. The summed E-state index contributed by atoms with van der Waals surface area (Å²) in [4.78, 5) is 30.4. The van der Waals surface area contributed by atoms with E-state index in [4.69, 9.17) is 0 Å². The highest BCUT2D eigenvalue weighted by molar-refractivity contribution is 6.03. The first-order valence-electron chi connectivity index (χ1n) is 6.60. The Kier molecular flexibility index (Phi) is 3.53. The molecule has 0 aliphatic carbocycles. The van der Waals surface area contributed by atoms with Crippen LogP contribution in [0.4, 0.5) is 5.82 Å². The second-order valence-electron chi connectivity index (χ2n) is 4.75. The minimum atomic E-state index is -0.509. The second-order valence-corrected chi connectivity index (χ2v) is 4.75. The fourth-order valence-corrected chi connectivity index (χ4v) is 1.99. The molecule has 0 aliphatic heterocycles. The van der Waals surface area contributed by atoms with Gasteiger partial charge in [0.15, 0.2) is 5.82 Å². The van der Waals surface area contributed by atoms with Crippen LogP contribution in [0.1, 0.15) is 16.1 Å². The molecule has 7 heteroatoms. The highest BCUT2D eigenvalue weighted by atomic mass is 16.2. The van der Waals surface area contributed by atoms with E-state index in [1.807, 2.05) is 6.07 Å². The van der Waals surface area contributed by atoms with Crippen molar-refractivity contribution in [3.63, 3.8) is 0 Å². The molecule has 110 valence electrons. The Balaban J connectivity index is 1.80. The van der Waals surface area contributed by atoms with Gasteiger partial charge in [0.2, 0.25) is 0 Å². The number of nitrogens with one attached hydrogen (secondary N) is 3. The topological polar surface area (TPSA) is 104 Å². The van der Waals surface area contributed by atoms with Gasteiger partial charge in [-0.1, -0.05) is 0 Å². The summed E-state index contributed by atoms with van der Waals surface area (Å²) in [6.45, 7) is 1.75. The number of hydrogen-bond acceptors (Lipinski definition) is 4. The summed E-state index contributed by atoms with van der Waals surface area (Å²) in [7, 11) is 0. The van der Waals surface area contributed by atoms with E-state index >= 15 is 0 Å². The summed E-state index contributed by atoms with van der Waals surface area (Å²) >= 11 is 0. The normalized spacial score (nSPS) is 10.4. The zero-order chi connectivity index (χ0) is 15.5. The van der Waals surface area contributed by atoms with E-state index < -0.39 is 11.5 Å². The Morgan fingerprint density at radius 1 is 1.27 bits per heavy atom. The SMILES string of the molecule is Cc1ccc(C(=O)Nc2cc(-c3cccnc3)[nH]n2)c(=O)[nH]1. The smallest absolute Gasteiger partial charge is 0.262 e. The van der Waals surface area contributed by atoms with Crippen LogP contribution < -0.4 is 10.9 Å². The number of rotatable bonds is 3. The van der Waals surface area contributed by atoms with Crippen molar-refractivity contribution in [1.82, 2.24) is 20.2 Å². The average molecular weight is 295 g/mol. The van der Waals surface area contributed by atoms with E-state index in [-0.39, 0.29) is 5.56 Å². The molecule has 0 spiro atoms. The lowest BCUT2D eigenvalue weighted by molar-refractivity contribution is 0.102. The first-order chi connectivity index (χ1) is 10.6. The van der Waals surface area contributed by atoms with E-state index in [0.29, 0.717) is 11.5 Å². The Morgan fingerprint density at radius 3 is 2.86 bits per heavy atom. The minimum absolute atomic E-state index is 0.0385. The predicted octanol–water partition coefficient (Wildman–Crippen LogP) is 1.72. The van der Waals surface area contributed by atoms with E-state index in [1.165, 1.54) is 6.07 Å². The van der Waals surface area contributed by atoms with E-state index in [9.17, 15) is 9.59 Å². The molecule has 7 nitrogen and oxygen atoms in total. The molecular weight excluding hydrogens is 282 g/mol. The van der Waals surface area contributed by atoms with Crippen LogP contribution in [-0.2, 0) is 0 Å². The maximum Gasteiger partial charge on any atom is 0.262 e. The highest BCUT2D eigenvalue weighted by Crippen LogP contribution is 2.18. The number of aromatic nitrogens is 4. The zero-order valence-electron chi connectivity index (χ0n) is 11.8. The maximum atomic E-state index is 12.1. The molecule has 0 aromatic carbocycles. The van der Waals surface area contributed by atoms with Crippen LogP contribution in [0.5, 0.6) is 0 Å². The fourth-order valence-electron chi connectivity index (χ4n) is 1.99. The predicted molar refractivity (Wildman–Crippen MR) is 81.6 cm³/mol. The van der Waals surface area contributed by atoms with E-state index in [1.54, 1.807) is 37.5 Å². The van der Waals surface area contributed by atoms with Gasteiger partial charge in [-0.15, -0.1) is 0 Å². The lowest BCUT2D eigenvalue weighted by atomic mass is 10.2. The van der Waals surface area contributed by atoms with Crippen LogP contribution in [0, 0.1) is 6.92 Å². The summed E-state index contributed by atoms with van der Waals surface area (Å²) in [5, 5.41) is 9.41. The molecule has 3 aromatic heterocycles. The van der Waals surface area contributed by atoms with Gasteiger partial charge in [-0.05, 0) is 31.2 Å². The van der Waals surface area contributed by atoms with Crippen LogP contribution in [-0.4, -0.2) is 26.1 Å². The van der Waals surface area contributed by atoms with Crippen molar-refractivity contribution < 1.29 is 4.79 Å². The number of hydrogen-bond donors (Lipinski definition) is 3. The molecule has 0 bridgehead atoms. The first kappa shape index (κ1) is 13.7. The number of amides is 1. The molecule has 0 saturated heterocycles. The molecule has 3 aromatic rings. The fraction of sp³-hybridized carbons (Fsp3) is 0.0667. The van der Waals surface area contributed by atoms with Crippen molar-refractivity contribution in [3.05, 3.63) is 64.3 Å². The van der Waals surface area contributed by atoms with Crippen molar-refractivity contribution in [3.8, 4) is 11.3 Å². The van der Waals surface area contributed by atoms with Crippen molar-refractivity contribution in [2.45, 2.75) is 6.92 Å². The molecule has 22 heavy (non-hydrogen) atoms. The maximum absolute atomic E-state index is 12.1. The summed E-state index contributed by atoms with van der Waals surface area (Å²) in [5.41, 5.74) is 1.88. The van der Waals surface area contributed by atoms with Gasteiger partial charge < -0.3 is 10.3 Å². The minimum Gasteiger partial charge on any atom is -0.326 e.